The van der Waals surface area contributed by atoms with Crippen molar-refractivity contribution in [2.75, 3.05) is 26.2 Å². The van der Waals surface area contributed by atoms with E-state index in [4.69, 9.17) is 4.74 Å². The lowest BCUT2D eigenvalue weighted by Crippen LogP contribution is -2.57. The largest absolute Gasteiger partial charge is 0.462 e. The zero-order valence-corrected chi connectivity index (χ0v) is 12.6. The molecular weight excluding hydrogens is 256 g/mol. The Hall–Kier alpha value is -1.40. The molecule has 6 nitrogen and oxygen atoms in total. The zero-order valence-electron chi connectivity index (χ0n) is 12.6. The molecule has 6 heteroatoms. The highest BCUT2D eigenvalue weighted by Gasteiger charge is 2.27. The Morgan fingerprint density at radius 2 is 2.30 bits per heavy atom. The highest BCUT2D eigenvalue weighted by molar-refractivity contribution is 5.90. The van der Waals surface area contributed by atoms with Crippen molar-refractivity contribution in [2.24, 2.45) is 7.05 Å². The molecule has 1 aromatic heterocycles. The minimum absolute atomic E-state index is 0.279. The molecule has 0 radical (unpaired) electrons. The molecule has 0 aliphatic carbocycles. The highest BCUT2D eigenvalue weighted by atomic mass is 16.5. The van der Waals surface area contributed by atoms with Gasteiger partial charge in [0, 0.05) is 32.7 Å². The lowest BCUT2D eigenvalue weighted by molar-refractivity contribution is 0.0521. The number of carbonyl (C=O) groups is 1. The van der Waals surface area contributed by atoms with Crippen molar-refractivity contribution < 1.29 is 9.53 Å². The van der Waals surface area contributed by atoms with E-state index >= 15 is 0 Å². The van der Waals surface area contributed by atoms with Crippen LogP contribution in [0.5, 0.6) is 0 Å². The van der Waals surface area contributed by atoms with Crippen LogP contribution in [0.2, 0.25) is 0 Å². The van der Waals surface area contributed by atoms with E-state index in [1.54, 1.807) is 10.9 Å². The van der Waals surface area contributed by atoms with Gasteiger partial charge >= 0.3 is 5.97 Å². The van der Waals surface area contributed by atoms with Crippen LogP contribution in [0.4, 0.5) is 0 Å². The Morgan fingerprint density at radius 1 is 1.55 bits per heavy atom. The Bertz CT molecular complexity index is 454. The van der Waals surface area contributed by atoms with Gasteiger partial charge in [-0.25, -0.2) is 4.79 Å². The molecule has 112 valence electrons. The van der Waals surface area contributed by atoms with Crippen molar-refractivity contribution in [2.45, 2.75) is 32.9 Å². The predicted molar refractivity (Wildman–Crippen MR) is 76.5 cm³/mol. The second-order valence-corrected chi connectivity index (χ2v) is 5.13. The van der Waals surface area contributed by atoms with Crippen LogP contribution >= 0.6 is 0 Å². The van der Waals surface area contributed by atoms with Crippen LogP contribution in [0.1, 0.15) is 36.3 Å². The molecule has 0 bridgehead atoms. The van der Waals surface area contributed by atoms with E-state index in [9.17, 15) is 4.79 Å². The fraction of sp³-hybridized carbons (Fsp3) is 0.714. The molecule has 1 aliphatic heterocycles. The smallest absolute Gasteiger partial charge is 0.341 e. The molecule has 1 saturated heterocycles. The van der Waals surface area contributed by atoms with Crippen LogP contribution in [0, 0.1) is 0 Å². The second kappa shape index (κ2) is 6.85. The maximum absolute atomic E-state index is 12.0. The molecule has 0 saturated carbocycles. The van der Waals surface area contributed by atoms with Crippen LogP contribution in [-0.4, -0.2) is 52.9 Å². The molecular formula is C14H24N4O2. The standard InChI is InChI=1S/C14H24N4O2/c1-4-6-18(11-7-15-8-11)10-13-12(9-16-17(13)3)14(19)20-5-2/h9,11,15H,4-8,10H2,1-3H3. The van der Waals surface area contributed by atoms with Crippen molar-refractivity contribution in [3.05, 3.63) is 17.5 Å². The Kier molecular flexibility index (Phi) is 5.14. The number of esters is 1. The summed E-state index contributed by atoms with van der Waals surface area (Å²) in [5.74, 6) is -0.279. The molecule has 1 N–H and O–H groups in total. The van der Waals surface area contributed by atoms with Gasteiger partial charge in [0.1, 0.15) is 5.56 Å². The first-order valence-electron chi connectivity index (χ1n) is 7.30. The Balaban J connectivity index is 2.13. The summed E-state index contributed by atoms with van der Waals surface area (Å²) in [7, 11) is 1.88. The molecule has 0 unspecified atom stereocenters. The topological polar surface area (TPSA) is 59.4 Å². The molecule has 1 aliphatic rings. The van der Waals surface area contributed by atoms with Gasteiger partial charge in [0.05, 0.1) is 18.5 Å². The third-order valence-electron chi connectivity index (χ3n) is 3.70. The second-order valence-electron chi connectivity index (χ2n) is 5.13. The van der Waals surface area contributed by atoms with E-state index in [-0.39, 0.29) is 5.97 Å². The number of hydrogen-bond acceptors (Lipinski definition) is 5. The monoisotopic (exact) mass is 280 g/mol. The van der Waals surface area contributed by atoms with E-state index in [1.807, 2.05) is 14.0 Å². The average Bonchev–Trinajstić information content (AvgIpc) is 2.70. The Morgan fingerprint density at radius 3 is 2.85 bits per heavy atom. The quantitative estimate of drug-likeness (QED) is 0.748. The maximum atomic E-state index is 12.0. The predicted octanol–water partition coefficient (Wildman–Crippen LogP) is 0.781. The first kappa shape index (κ1) is 15.0. The number of carbonyl (C=O) groups excluding carboxylic acids is 1. The zero-order chi connectivity index (χ0) is 14.5. The summed E-state index contributed by atoms with van der Waals surface area (Å²) in [5, 5.41) is 7.51. The van der Waals surface area contributed by atoms with Gasteiger partial charge in [-0.15, -0.1) is 0 Å². The van der Waals surface area contributed by atoms with E-state index in [1.165, 1.54) is 0 Å². The fourth-order valence-corrected chi connectivity index (χ4v) is 2.43. The van der Waals surface area contributed by atoms with E-state index in [0.29, 0.717) is 18.2 Å². The average molecular weight is 280 g/mol. The van der Waals surface area contributed by atoms with Crippen LogP contribution in [0.15, 0.2) is 6.20 Å². The molecule has 0 amide bonds. The summed E-state index contributed by atoms with van der Waals surface area (Å²) in [4.78, 5) is 14.4. The number of rotatable bonds is 7. The SMILES string of the molecule is CCCN(Cc1c(C(=O)OCC)cnn1C)C1CNC1. The van der Waals surface area contributed by atoms with Crippen molar-refractivity contribution in [1.82, 2.24) is 20.0 Å². The van der Waals surface area contributed by atoms with Gasteiger partial charge in [0.2, 0.25) is 0 Å². The molecule has 0 aromatic carbocycles. The first-order chi connectivity index (χ1) is 9.67. The van der Waals surface area contributed by atoms with Gasteiger partial charge in [0.25, 0.3) is 0 Å². The van der Waals surface area contributed by atoms with Crippen LogP contribution in [0.3, 0.4) is 0 Å². The Labute approximate surface area is 120 Å². The molecule has 1 fully saturated rings. The molecule has 2 heterocycles. The highest BCUT2D eigenvalue weighted by Crippen LogP contribution is 2.16. The van der Waals surface area contributed by atoms with Crippen molar-refractivity contribution in [3.8, 4) is 0 Å². The molecule has 20 heavy (non-hydrogen) atoms. The van der Waals surface area contributed by atoms with E-state index in [2.05, 4.69) is 22.2 Å². The summed E-state index contributed by atoms with van der Waals surface area (Å²) < 4.78 is 6.88. The minimum Gasteiger partial charge on any atom is -0.462 e. The summed E-state index contributed by atoms with van der Waals surface area (Å²) in [5.41, 5.74) is 1.52. The number of nitrogens with one attached hydrogen (secondary N) is 1. The fourth-order valence-electron chi connectivity index (χ4n) is 2.43. The van der Waals surface area contributed by atoms with Gasteiger partial charge < -0.3 is 10.1 Å². The number of hydrogen-bond donors (Lipinski definition) is 1. The van der Waals surface area contributed by atoms with Gasteiger partial charge in [-0.1, -0.05) is 6.92 Å². The minimum atomic E-state index is -0.279. The molecule has 0 atom stereocenters. The summed E-state index contributed by atoms with van der Waals surface area (Å²) in [6, 6.07) is 0.555. The van der Waals surface area contributed by atoms with Gasteiger partial charge in [0.15, 0.2) is 0 Å². The number of ether oxygens (including phenoxy) is 1. The molecule has 1 aromatic rings. The van der Waals surface area contributed by atoms with Crippen molar-refractivity contribution >= 4 is 5.97 Å². The molecule has 0 spiro atoms. The van der Waals surface area contributed by atoms with Gasteiger partial charge in [-0.2, -0.15) is 5.10 Å². The number of aryl methyl sites for hydroxylation is 1. The van der Waals surface area contributed by atoms with Gasteiger partial charge in [-0.3, -0.25) is 9.58 Å². The third kappa shape index (κ3) is 3.19. The van der Waals surface area contributed by atoms with Gasteiger partial charge in [-0.05, 0) is 19.9 Å². The van der Waals surface area contributed by atoms with Crippen LogP contribution in [0.25, 0.3) is 0 Å². The number of nitrogens with zero attached hydrogens (tertiary/aromatic N) is 3. The maximum Gasteiger partial charge on any atom is 0.341 e. The summed E-state index contributed by atoms with van der Waals surface area (Å²) in [6.07, 6.45) is 2.71. The van der Waals surface area contributed by atoms with Crippen molar-refractivity contribution in [3.63, 3.8) is 0 Å². The van der Waals surface area contributed by atoms with Crippen molar-refractivity contribution in [1.29, 1.82) is 0 Å². The van der Waals surface area contributed by atoms with Crippen LogP contribution in [-0.2, 0) is 18.3 Å². The number of aromatic nitrogens is 2. The van der Waals surface area contributed by atoms with Crippen LogP contribution < -0.4 is 5.32 Å². The van der Waals surface area contributed by atoms with E-state index in [0.717, 1.165) is 38.3 Å². The molecule has 2 rings (SSSR count). The lowest BCUT2D eigenvalue weighted by atomic mass is 10.1. The first-order valence-corrected chi connectivity index (χ1v) is 7.30. The summed E-state index contributed by atoms with van der Waals surface area (Å²) in [6.45, 7) is 8.19. The summed E-state index contributed by atoms with van der Waals surface area (Å²) >= 11 is 0. The normalized spacial score (nSPS) is 15.4. The van der Waals surface area contributed by atoms with E-state index < -0.39 is 0 Å². The lowest BCUT2D eigenvalue weighted by Gasteiger charge is -2.38. The third-order valence-corrected chi connectivity index (χ3v) is 3.70.